The molecule has 35 heavy (non-hydrogen) atoms. The van der Waals surface area contributed by atoms with Gasteiger partial charge < -0.3 is 0 Å². The smallest absolute Gasteiger partial charge is 0.125 e. The maximum absolute atomic E-state index is 13.7. The third-order valence-corrected chi connectivity index (χ3v) is 9.52. The van der Waals surface area contributed by atoms with Crippen LogP contribution in [0.1, 0.15) is 33.5 Å². The Labute approximate surface area is 217 Å². The van der Waals surface area contributed by atoms with Gasteiger partial charge >= 0.3 is 0 Å². The lowest BCUT2D eigenvalue weighted by molar-refractivity contribution is 0.612. The second-order valence-corrected chi connectivity index (χ2v) is 12.0. The molecule has 0 aromatic heterocycles. The van der Waals surface area contributed by atoms with E-state index in [9.17, 15) is 8.42 Å². The van der Waals surface area contributed by atoms with Gasteiger partial charge in [0.05, 0.1) is 27.0 Å². The molecule has 0 heterocycles. The lowest BCUT2D eigenvalue weighted by Gasteiger charge is -2.28. The number of hydrogen-bond donors (Lipinski definition) is 1. The normalized spacial score (nSPS) is 14.7. The third kappa shape index (κ3) is 6.19. The van der Waals surface area contributed by atoms with Crippen LogP contribution < -0.4 is 4.72 Å². The van der Waals surface area contributed by atoms with Crippen LogP contribution in [0.15, 0.2) is 118 Å². The Morgan fingerprint density at radius 2 is 1.23 bits per heavy atom. The molecular weight excluding hydrogens is 491 g/mol. The van der Waals surface area contributed by atoms with Crippen molar-refractivity contribution in [1.29, 1.82) is 0 Å². The first-order chi connectivity index (χ1) is 17.0. The van der Waals surface area contributed by atoms with Gasteiger partial charge in [-0.05, 0) is 61.6 Å². The minimum atomic E-state index is -1.41. The second kappa shape index (κ2) is 12.0. The van der Waals surface area contributed by atoms with Crippen molar-refractivity contribution in [3.05, 3.63) is 125 Å². The summed E-state index contributed by atoms with van der Waals surface area (Å²) in [6, 6.07) is 33.2. The van der Waals surface area contributed by atoms with Gasteiger partial charge in [0.1, 0.15) is 11.0 Å². The lowest BCUT2D eigenvalue weighted by atomic mass is 9.99. The van der Waals surface area contributed by atoms with E-state index in [1.807, 2.05) is 123 Å². The molecule has 0 unspecified atom stereocenters. The largest absolute Gasteiger partial charge is 0.249 e. The van der Waals surface area contributed by atoms with Crippen molar-refractivity contribution >= 4 is 33.5 Å². The lowest BCUT2D eigenvalue weighted by Crippen LogP contribution is -2.28. The summed E-state index contributed by atoms with van der Waals surface area (Å²) in [5, 5.41) is -0.114. The molecule has 0 saturated heterocycles. The average Bonchev–Trinajstić information content (AvgIpc) is 2.89. The molecule has 0 radical (unpaired) electrons. The molecule has 0 aliphatic rings. The van der Waals surface area contributed by atoms with Gasteiger partial charge in [0.25, 0.3) is 0 Å². The Morgan fingerprint density at radius 3 is 1.83 bits per heavy atom. The van der Waals surface area contributed by atoms with Crippen LogP contribution in [-0.2, 0) is 21.8 Å². The Balaban J connectivity index is 1.74. The van der Waals surface area contributed by atoms with Crippen LogP contribution in [0.25, 0.3) is 0 Å². The van der Waals surface area contributed by atoms with Gasteiger partial charge in [-0.2, -0.15) is 11.8 Å². The van der Waals surface area contributed by atoms with Gasteiger partial charge in [-0.1, -0.05) is 83.9 Å². The number of aryl methyl sites for hydroxylation is 2. The molecule has 0 aliphatic heterocycles. The Bertz CT molecular complexity index is 1310. The first-order valence-electron chi connectivity index (χ1n) is 11.4. The summed E-state index contributed by atoms with van der Waals surface area (Å²) in [6.07, 6.45) is 2.04. The van der Waals surface area contributed by atoms with E-state index in [-0.39, 0.29) is 11.3 Å². The van der Waals surface area contributed by atoms with Crippen LogP contribution in [0.5, 0.6) is 0 Å². The van der Waals surface area contributed by atoms with E-state index >= 15 is 0 Å². The zero-order valence-electron chi connectivity index (χ0n) is 20.0. The van der Waals surface area contributed by atoms with E-state index in [4.69, 9.17) is 0 Å². The van der Waals surface area contributed by atoms with Gasteiger partial charge in [-0.3, -0.25) is 0 Å². The zero-order chi connectivity index (χ0) is 24.8. The van der Waals surface area contributed by atoms with Crippen molar-refractivity contribution in [3.63, 3.8) is 0 Å². The maximum atomic E-state index is 13.7. The molecule has 180 valence electrons. The molecule has 4 aromatic rings. The number of rotatable bonds is 9. The Morgan fingerprint density at radius 1 is 0.686 bits per heavy atom. The number of nitrogens with one attached hydrogen (secondary N) is 1. The van der Waals surface area contributed by atoms with Crippen molar-refractivity contribution < 1.29 is 8.42 Å². The highest BCUT2D eigenvalue weighted by molar-refractivity contribution is 7.99. The van der Waals surface area contributed by atoms with Crippen LogP contribution >= 0.6 is 11.8 Å². The Kier molecular flexibility index (Phi) is 8.74. The molecule has 3 nitrogen and oxygen atoms in total. The molecule has 0 spiro atoms. The minimum Gasteiger partial charge on any atom is -0.249 e. The third-order valence-electron chi connectivity index (χ3n) is 5.84. The predicted molar refractivity (Wildman–Crippen MR) is 148 cm³/mol. The van der Waals surface area contributed by atoms with E-state index in [2.05, 4.69) is 4.72 Å². The van der Waals surface area contributed by atoms with Crippen molar-refractivity contribution in [2.24, 2.45) is 0 Å². The number of hydrogen-bond acceptors (Lipinski definition) is 3. The van der Waals surface area contributed by atoms with E-state index in [0.29, 0.717) is 0 Å². The van der Waals surface area contributed by atoms with Gasteiger partial charge in [0, 0.05) is 9.79 Å². The molecule has 0 fully saturated rings. The zero-order valence-corrected chi connectivity index (χ0v) is 22.5. The van der Waals surface area contributed by atoms with Crippen molar-refractivity contribution in [3.8, 4) is 0 Å². The summed E-state index contributed by atoms with van der Waals surface area (Å²) in [6.45, 7) is 4.04. The van der Waals surface area contributed by atoms with Crippen LogP contribution in [-0.4, -0.2) is 14.7 Å². The fraction of sp³-hybridized carbons (Fsp3) is 0.172. The molecule has 6 heteroatoms. The van der Waals surface area contributed by atoms with Crippen molar-refractivity contribution in [2.45, 2.75) is 39.8 Å². The Hall–Kier alpha value is -2.51. The summed E-state index contributed by atoms with van der Waals surface area (Å²) in [5.74, 6) is 0. The molecule has 0 aliphatic carbocycles. The predicted octanol–water partition coefficient (Wildman–Crippen LogP) is 6.93. The molecule has 4 aromatic carbocycles. The first-order valence-corrected chi connectivity index (χ1v) is 15.0. The van der Waals surface area contributed by atoms with E-state index in [1.165, 1.54) is 0 Å². The fourth-order valence-electron chi connectivity index (χ4n) is 3.93. The maximum Gasteiger partial charge on any atom is 0.125 e. The summed E-state index contributed by atoms with van der Waals surface area (Å²) >= 11 is 1.66. The highest BCUT2D eigenvalue weighted by Gasteiger charge is 2.29. The van der Waals surface area contributed by atoms with Gasteiger partial charge in [0.2, 0.25) is 0 Å². The standard InChI is InChI=1S/C29H29NO2S3/c1-21-13-17-24(18-14-21)34(31)27-12-8-7-11-26(27)29(33-3)28(23-9-5-4-6-10-23)30-35(32)25-19-15-22(2)16-20-25/h4-20,28-30H,1-3H3/t28-,29+,34+,35+/m1/s1. The monoisotopic (exact) mass is 519 g/mol. The molecule has 0 saturated carbocycles. The quantitative estimate of drug-likeness (QED) is 0.261. The van der Waals surface area contributed by atoms with Gasteiger partial charge in [-0.15, -0.1) is 0 Å². The molecule has 1 N–H and O–H groups in total. The van der Waals surface area contributed by atoms with Crippen molar-refractivity contribution in [2.75, 3.05) is 6.26 Å². The van der Waals surface area contributed by atoms with Crippen LogP contribution in [0, 0.1) is 13.8 Å². The molecule has 4 atom stereocenters. The molecule has 4 rings (SSSR count). The van der Waals surface area contributed by atoms with Gasteiger partial charge in [0.15, 0.2) is 0 Å². The first kappa shape index (κ1) is 25.6. The summed E-state index contributed by atoms with van der Waals surface area (Å²) in [4.78, 5) is 2.28. The summed E-state index contributed by atoms with van der Waals surface area (Å²) in [5.41, 5.74) is 4.26. The van der Waals surface area contributed by atoms with Crippen LogP contribution in [0.3, 0.4) is 0 Å². The average molecular weight is 520 g/mol. The van der Waals surface area contributed by atoms with E-state index in [0.717, 1.165) is 36.9 Å². The van der Waals surface area contributed by atoms with E-state index < -0.39 is 21.8 Å². The van der Waals surface area contributed by atoms with Crippen LogP contribution in [0.4, 0.5) is 0 Å². The SMILES string of the molecule is CS[C@@H](c1ccccc1[S@@](=O)c1ccc(C)cc1)[C@H](N[S@@](=O)c1ccc(C)cc1)c1ccccc1. The number of thioether (sulfide) groups is 1. The van der Waals surface area contributed by atoms with E-state index in [1.54, 1.807) is 11.8 Å². The van der Waals surface area contributed by atoms with Crippen molar-refractivity contribution in [1.82, 2.24) is 4.72 Å². The fourth-order valence-corrected chi connectivity index (χ4v) is 7.31. The molecule has 0 amide bonds. The second-order valence-electron chi connectivity index (χ2n) is 8.36. The summed E-state index contributed by atoms with van der Waals surface area (Å²) in [7, 11) is -2.74. The molecular formula is C29H29NO2S3. The number of benzene rings is 4. The van der Waals surface area contributed by atoms with Crippen LogP contribution in [0.2, 0.25) is 0 Å². The topological polar surface area (TPSA) is 46.2 Å². The highest BCUT2D eigenvalue weighted by atomic mass is 32.2. The minimum absolute atomic E-state index is 0.114. The van der Waals surface area contributed by atoms with Gasteiger partial charge in [-0.25, -0.2) is 13.1 Å². The summed E-state index contributed by atoms with van der Waals surface area (Å²) < 4.78 is 30.4. The molecule has 0 bridgehead atoms. The highest BCUT2D eigenvalue weighted by Crippen LogP contribution is 2.42.